The van der Waals surface area contributed by atoms with Gasteiger partial charge in [0.05, 0.1) is 42.4 Å². The maximum Gasteiger partial charge on any atom is 0.259 e. The van der Waals surface area contributed by atoms with E-state index in [1.54, 1.807) is 23.2 Å². The van der Waals surface area contributed by atoms with E-state index in [1.807, 2.05) is 67.1 Å². The van der Waals surface area contributed by atoms with Gasteiger partial charge < -0.3 is 9.88 Å². The Hall–Kier alpha value is -4.26. The van der Waals surface area contributed by atoms with Crippen molar-refractivity contribution in [2.24, 2.45) is 7.05 Å². The van der Waals surface area contributed by atoms with Crippen LogP contribution in [0.4, 0.5) is 11.5 Å². The van der Waals surface area contributed by atoms with Gasteiger partial charge in [-0.25, -0.2) is 19.7 Å². The summed E-state index contributed by atoms with van der Waals surface area (Å²) in [6, 6.07) is 20.4. The Morgan fingerprint density at radius 3 is 2.69 bits per heavy atom. The number of anilines is 2. The summed E-state index contributed by atoms with van der Waals surface area (Å²) in [5.41, 5.74) is 3.71. The van der Waals surface area contributed by atoms with E-state index in [4.69, 9.17) is 20.0 Å². The Morgan fingerprint density at radius 1 is 1.14 bits per heavy atom. The number of pyridine rings is 1. The lowest BCUT2D eigenvalue weighted by molar-refractivity contribution is -0.291. The van der Waals surface area contributed by atoms with E-state index in [0.29, 0.717) is 49.7 Å². The van der Waals surface area contributed by atoms with E-state index in [-0.39, 0.29) is 5.91 Å². The van der Waals surface area contributed by atoms with Crippen LogP contribution < -0.4 is 10.2 Å². The molecular weight excluding hydrogens is 456 g/mol. The predicted molar refractivity (Wildman–Crippen MR) is 137 cm³/mol. The van der Waals surface area contributed by atoms with Gasteiger partial charge in [0.2, 0.25) is 0 Å². The highest BCUT2D eigenvalue weighted by Gasteiger charge is 2.20. The Morgan fingerprint density at radius 2 is 1.97 bits per heavy atom. The zero-order valence-corrected chi connectivity index (χ0v) is 20.3. The van der Waals surface area contributed by atoms with Crippen LogP contribution in [0.3, 0.4) is 0 Å². The molecule has 184 valence electrons. The standard InChI is InChI=1S/C27H28N6O3/c1-3-35-36-16-6-15-33(25-7-4-5-14-29-25)27(34)21-10-13-24-23(17-21)31-26(32(24)2)19-30-22-11-8-20(18-28)9-12-22/h4-5,7-14,17,30H,3,6,15-16,19H2,1-2H3. The number of hydrogen-bond acceptors (Lipinski definition) is 7. The summed E-state index contributed by atoms with van der Waals surface area (Å²) >= 11 is 0. The average Bonchev–Trinajstić information content (AvgIpc) is 3.24. The number of aromatic nitrogens is 3. The molecule has 0 bridgehead atoms. The van der Waals surface area contributed by atoms with Crippen molar-refractivity contribution >= 4 is 28.4 Å². The van der Waals surface area contributed by atoms with Crippen LogP contribution >= 0.6 is 0 Å². The number of nitriles is 1. The third kappa shape index (κ3) is 5.86. The first-order chi connectivity index (χ1) is 17.6. The minimum absolute atomic E-state index is 0.157. The lowest BCUT2D eigenvalue weighted by Gasteiger charge is -2.21. The fraction of sp³-hybridized carbons (Fsp3) is 0.259. The van der Waals surface area contributed by atoms with Crippen molar-refractivity contribution in [2.45, 2.75) is 19.9 Å². The van der Waals surface area contributed by atoms with E-state index in [9.17, 15) is 4.79 Å². The van der Waals surface area contributed by atoms with Crippen LogP contribution in [-0.4, -0.2) is 40.2 Å². The van der Waals surface area contributed by atoms with Gasteiger partial charge in [-0.1, -0.05) is 6.07 Å². The van der Waals surface area contributed by atoms with E-state index in [2.05, 4.69) is 16.4 Å². The molecule has 0 spiro atoms. The van der Waals surface area contributed by atoms with Gasteiger partial charge >= 0.3 is 0 Å². The summed E-state index contributed by atoms with van der Waals surface area (Å²) in [7, 11) is 1.95. The summed E-state index contributed by atoms with van der Waals surface area (Å²) < 4.78 is 2.00. The monoisotopic (exact) mass is 484 g/mol. The molecule has 4 rings (SSSR count). The van der Waals surface area contributed by atoms with Gasteiger partial charge in [0.1, 0.15) is 11.6 Å². The predicted octanol–water partition coefficient (Wildman–Crippen LogP) is 4.46. The van der Waals surface area contributed by atoms with E-state index in [1.165, 1.54) is 0 Å². The van der Waals surface area contributed by atoms with Crippen LogP contribution in [0.1, 0.15) is 35.1 Å². The topological polar surface area (TPSA) is 105 Å². The Balaban J connectivity index is 1.52. The molecule has 9 nitrogen and oxygen atoms in total. The first kappa shape index (κ1) is 24.9. The fourth-order valence-corrected chi connectivity index (χ4v) is 3.80. The number of nitrogens with one attached hydrogen (secondary N) is 1. The van der Waals surface area contributed by atoms with Crippen LogP contribution in [0, 0.1) is 11.3 Å². The lowest BCUT2D eigenvalue weighted by Crippen LogP contribution is -2.33. The number of nitrogens with zero attached hydrogens (tertiary/aromatic N) is 5. The van der Waals surface area contributed by atoms with Crippen molar-refractivity contribution in [1.29, 1.82) is 5.26 Å². The summed E-state index contributed by atoms with van der Waals surface area (Å²) in [6.45, 7) is 3.63. The third-order valence-corrected chi connectivity index (χ3v) is 5.67. The second-order valence-electron chi connectivity index (χ2n) is 8.06. The summed E-state index contributed by atoms with van der Waals surface area (Å²) in [5, 5.41) is 12.3. The smallest absolute Gasteiger partial charge is 0.259 e. The molecule has 0 aliphatic carbocycles. The van der Waals surface area contributed by atoms with Crippen LogP contribution in [-0.2, 0) is 23.4 Å². The highest BCUT2D eigenvalue weighted by molar-refractivity contribution is 6.07. The summed E-state index contributed by atoms with van der Waals surface area (Å²) in [6.07, 6.45) is 2.26. The number of carbonyl (C=O) groups is 1. The number of fused-ring (bicyclic) bond motifs is 1. The van der Waals surface area contributed by atoms with E-state index < -0.39 is 0 Å². The first-order valence-corrected chi connectivity index (χ1v) is 11.8. The summed E-state index contributed by atoms with van der Waals surface area (Å²) in [4.78, 5) is 34.3. The second-order valence-corrected chi connectivity index (χ2v) is 8.06. The van der Waals surface area contributed by atoms with Gasteiger partial charge in [0, 0.05) is 31.0 Å². The highest BCUT2D eigenvalue weighted by atomic mass is 17.2. The van der Waals surface area contributed by atoms with Crippen molar-refractivity contribution < 1.29 is 14.6 Å². The summed E-state index contributed by atoms with van der Waals surface area (Å²) in [5.74, 6) is 1.25. The largest absolute Gasteiger partial charge is 0.378 e. The van der Waals surface area contributed by atoms with Crippen molar-refractivity contribution in [3.05, 3.63) is 83.8 Å². The van der Waals surface area contributed by atoms with Crippen molar-refractivity contribution in [3.63, 3.8) is 0 Å². The molecule has 2 heterocycles. The minimum Gasteiger partial charge on any atom is -0.378 e. The molecule has 0 radical (unpaired) electrons. The van der Waals surface area contributed by atoms with Gasteiger partial charge in [-0.15, -0.1) is 0 Å². The normalized spacial score (nSPS) is 10.8. The molecule has 1 N–H and O–H groups in total. The minimum atomic E-state index is -0.157. The number of rotatable bonds is 11. The Labute approximate surface area is 209 Å². The zero-order chi connectivity index (χ0) is 25.3. The lowest BCUT2D eigenvalue weighted by atomic mass is 10.1. The van der Waals surface area contributed by atoms with Crippen molar-refractivity contribution in [3.8, 4) is 6.07 Å². The number of aryl methyl sites for hydroxylation is 1. The quantitative estimate of drug-likeness (QED) is 0.190. The van der Waals surface area contributed by atoms with Crippen molar-refractivity contribution in [2.75, 3.05) is 30.0 Å². The molecule has 4 aromatic rings. The van der Waals surface area contributed by atoms with Gasteiger partial charge in [-0.2, -0.15) is 5.26 Å². The van der Waals surface area contributed by atoms with Crippen LogP contribution in [0.2, 0.25) is 0 Å². The zero-order valence-electron chi connectivity index (χ0n) is 20.3. The molecule has 36 heavy (non-hydrogen) atoms. The molecular formula is C27H28N6O3. The maximum atomic E-state index is 13.5. The van der Waals surface area contributed by atoms with Gasteiger partial charge in [0.25, 0.3) is 5.91 Å². The number of imidazole rings is 1. The molecule has 2 aromatic carbocycles. The van der Waals surface area contributed by atoms with Crippen LogP contribution in [0.25, 0.3) is 11.0 Å². The van der Waals surface area contributed by atoms with E-state index >= 15 is 0 Å². The molecule has 0 atom stereocenters. The van der Waals surface area contributed by atoms with Crippen LogP contribution in [0.15, 0.2) is 66.9 Å². The molecule has 0 saturated heterocycles. The van der Waals surface area contributed by atoms with Crippen molar-refractivity contribution in [1.82, 2.24) is 14.5 Å². The third-order valence-electron chi connectivity index (χ3n) is 5.67. The van der Waals surface area contributed by atoms with Gasteiger partial charge in [-0.3, -0.25) is 9.69 Å². The van der Waals surface area contributed by atoms with Crippen LogP contribution in [0.5, 0.6) is 0 Å². The fourth-order valence-electron chi connectivity index (χ4n) is 3.80. The molecule has 0 aliphatic rings. The molecule has 0 unspecified atom stereocenters. The number of carbonyl (C=O) groups excluding carboxylic acids is 1. The van der Waals surface area contributed by atoms with E-state index in [0.717, 1.165) is 22.5 Å². The molecule has 0 saturated carbocycles. The number of hydrogen-bond donors (Lipinski definition) is 1. The second kappa shape index (κ2) is 11.9. The number of benzene rings is 2. The Bertz CT molecular complexity index is 1350. The molecule has 0 aliphatic heterocycles. The number of amides is 1. The molecule has 0 fully saturated rings. The molecule has 1 amide bonds. The Kier molecular flexibility index (Phi) is 8.24. The van der Waals surface area contributed by atoms with Gasteiger partial charge in [0.15, 0.2) is 0 Å². The highest BCUT2D eigenvalue weighted by Crippen LogP contribution is 2.21. The SMILES string of the molecule is CCOOCCCN(C(=O)c1ccc2c(c1)nc(CNc1ccc(C#N)cc1)n2C)c1ccccn1. The average molecular weight is 485 g/mol. The first-order valence-electron chi connectivity index (χ1n) is 11.8. The molecule has 9 heteroatoms. The maximum absolute atomic E-state index is 13.5. The van der Waals surface area contributed by atoms with Gasteiger partial charge in [-0.05, 0) is 67.9 Å². The molecule has 2 aromatic heterocycles.